The molecule has 20 heavy (non-hydrogen) atoms. The number of carbonyl (C=O) groups excluding carboxylic acids is 2. The molecule has 2 rings (SSSR count). The number of hydrogen-bond acceptors (Lipinski definition) is 5. The van der Waals surface area contributed by atoms with Crippen LogP contribution in [0.25, 0.3) is 0 Å². The van der Waals surface area contributed by atoms with Crippen LogP contribution in [0.5, 0.6) is 0 Å². The molecule has 1 amide bonds. The van der Waals surface area contributed by atoms with Crippen LogP contribution in [0.1, 0.15) is 16.1 Å². The van der Waals surface area contributed by atoms with Gasteiger partial charge < -0.3 is 10.1 Å². The van der Waals surface area contributed by atoms with E-state index in [0.29, 0.717) is 11.4 Å². The number of rotatable bonds is 4. The third kappa shape index (κ3) is 3.88. The van der Waals surface area contributed by atoms with Crippen molar-refractivity contribution >= 4 is 17.7 Å². The minimum Gasteiger partial charge on any atom is -0.452 e. The normalized spacial score (nSPS) is 9.85. The van der Waals surface area contributed by atoms with Crippen LogP contribution >= 0.6 is 0 Å². The SMILES string of the molecule is Cc1cccc(NC(=O)COC(=O)c2ccncc2)n1. The van der Waals surface area contributed by atoms with Crippen LogP contribution in [-0.2, 0) is 9.53 Å². The van der Waals surface area contributed by atoms with Gasteiger partial charge in [0, 0.05) is 18.1 Å². The highest BCUT2D eigenvalue weighted by Gasteiger charge is 2.10. The van der Waals surface area contributed by atoms with Crippen LogP contribution in [0.2, 0.25) is 0 Å². The molecule has 0 radical (unpaired) electrons. The number of esters is 1. The lowest BCUT2D eigenvalue weighted by molar-refractivity contribution is -0.119. The summed E-state index contributed by atoms with van der Waals surface area (Å²) < 4.78 is 4.89. The molecule has 0 aliphatic rings. The highest BCUT2D eigenvalue weighted by atomic mass is 16.5. The number of nitrogens with one attached hydrogen (secondary N) is 1. The number of carbonyl (C=O) groups is 2. The number of aryl methyl sites for hydroxylation is 1. The van der Waals surface area contributed by atoms with Crippen molar-refractivity contribution in [2.75, 3.05) is 11.9 Å². The zero-order valence-electron chi connectivity index (χ0n) is 10.9. The first kappa shape index (κ1) is 13.7. The standard InChI is InChI=1S/C14H13N3O3/c1-10-3-2-4-12(16-10)17-13(18)9-20-14(19)11-5-7-15-8-6-11/h2-8H,9H2,1H3,(H,16,17,18). The van der Waals surface area contributed by atoms with Gasteiger partial charge in [-0.25, -0.2) is 9.78 Å². The van der Waals surface area contributed by atoms with E-state index in [-0.39, 0.29) is 6.61 Å². The van der Waals surface area contributed by atoms with E-state index in [4.69, 9.17) is 4.74 Å². The molecule has 6 nitrogen and oxygen atoms in total. The van der Waals surface area contributed by atoms with E-state index in [1.54, 1.807) is 12.1 Å². The maximum Gasteiger partial charge on any atom is 0.338 e. The van der Waals surface area contributed by atoms with Gasteiger partial charge in [0.05, 0.1) is 5.56 Å². The second-order valence-electron chi connectivity index (χ2n) is 4.02. The highest BCUT2D eigenvalue weighted by molar-refractivity contribution is 5.94. The van der Waals surface area contributed by atoms with Crippen LogP contribution in [-0.4, -0.2) is 28.5 Å². The average molecular weight is 271 g/mol. The molecule has 0 saturated heterocycles. The number of aromatic nitrogens is 2. The zero-order valence-corrected chi connectivity index (χ0v) is 10.9. The summed E-state index contributed by atoms with van der Waals surface area (Å²) in [6.45, 7) is 1.45. The summed E-state index contributed by atoms with van der Waals surface area (Å²) in [6.07, 6.45) is 2.96. The predicted octanol–water partition coefficient (Wildman–Crippen LogP) is 1.58. The van der Waals surface area contributed by atoms with E-state index in [1.165, 1.54) is 24.5 Å². The fourth-order valence-corrected chi connectivity index (χ4v) is 1.49. The van der Waals surface area contributed by atoms with Crippen LogP contribution in [0, 0.1) is 6.92 Å². The monoisotopic (exact) mass is 271 g/mol. The fraction of sp³-hybridized carbons (Fsp3) is 0.143. The number of amides is 1. The average Bonchev–Trinajstić information content (AvgIpc) is 2.46. The Morgan fingerprint density at radius 2 is 1.95 bits per heavy atom. The van der Waals surface area contributed by atoms with Gasteiger partial charge in [-0.05, 0) is 31.2 Å². The summed E-state index contributed by atoms with van der Waals surface area (Å²) in [5, 5.41) is 2.55. The zero-order chi connectivity index (χ0) is 14.4. The summed E-state index contributed by atoms with van der Waals surface area (Å²) in [4.78, 5) is 31.1. The molecule has 6 heteroatoms. The van der Waals surface area contributed by atoms with Crippen molar-refractivity contribution in [3.8, 4) is 0 Å². The van der Waals surface area contributed by atoms with Crippen molar-refractivity contribution in [2.45, 2.75) is 6.92 Å². The molecule has 2 aromatic heterocycles. The topological polar surface area (TPSA) is 81.2 Å². The highest BCUT2D eigenvalue weighted by Crippen LogP contribution is 2.04. The molecule has 0 aliphatic carbocycles. The third-order valence-electron chi connectivity index (χ3n) is 2.41. The smallest absolute Gasteiger partial charge is 0.338 e. The van der Waals surface area contributed by atoms with Crippen molar-refractivity contribution in [1.82, 2.24) is 9.97 Å². The molecule has 102 valence electrons. The molecular formula is C14H13N3O3. The Hall–Kier alpha value is -2.76. The van der Waals surface area contributed by atoms with Gasteiger partial charge in [-0.2, -0.15) is 0 Å². The van der Waals surface area contributed by atoms with Gasteiger partial charge in [0.15, 0.2) is 6.61 Å². The van der Waals surface area contributed by atoms with Crippen molar-refractivity contribution in [3.63, 3.8) is 0 Å². The molecule has 1 N–H and O–H groups in total. The van der Waals surface area contributed by atoms with Crippen molar-refractivity contribution < 1.29 is 14.3 Å². The maximum absolute atomic E-state index is 11.6. The Kier molecular flexibility index (Phi) is 4.39. The first-order valence-corrected chi connectivity index (χ1v) is 5.96. The largest absolute Gasteiger partial charge is 0.452 e. The maximum atomic E-state index is 11.6. The van der Waals surface area contributed by atoms with Crippen LogP contribution in [0.3, 0.4) is 0 Å². The number of hydrogen-bond donors (Lipinski definition) is 1. The first-order chi connectivity index (χ1) is 9.65. The van der Waals surface area contributed by atoms with Crippen molar-refractivity contribution in [1.29, 1.82) is 0 Å². The lowest BCUT2D eigenvalue weighted by Gasteiger charge is -2.06. The Morgan fingerprint density at radius 3 is 2.65 bits per heavy atom. The first-order valence-electron chi connectivity index (χ1n) is 5.96. The minimum absolute atomic E-state index is 0.349. The molecule has 0 aliphatic heterocycles. The van der Waals surface area contributed by atoms with E-state index in [0.717, 1.165) is 5.69 Å². The Balaban J connectivity index is 1.85. The molecule has 0 bridgehead atoms. The van der Waals surface area contributed by atoms with Crippen LogP contribution in [0.15, 0.2) is 42.7 Å². The number of pyridine rings is 2. The summed E-state index contributed by atoms with van der Waals surface area (Å²) in [7, 11) is 0. The van der Waals surface area contributed by atoms with Gasteiger partial charge in [-0.1, -0.05) is 6.07 Å². The van der Waals surface area contributed by atoms with Gasteiger partial charge in [-0.3, -0.25) is 9.78 Å². The lowest BCUT2D eigenvalue weighted by Crippen LogP contribution is -2.21. The van der Waals surface area contributed by atoms with Gasteiger partial charge in [0.1, 0.15) is 5.82 Å². The van der Waals surface area contributed by atoms with Gasteiger partial charge >= 0.3 is 5.97 Å². The van der Waals surface area contributed by atoms with E-state index in [2.05, 4.69) is 15.3 Å². The summed E-state index contributed by atoms with van der Waals surface area (Å²) >= 11 is 0. The fourth-order valence-electron chi connectivity index (χ4n) is 1.49. The summed E-state index contributed by atoms with van der Waals surface area (Å²) in [6, 6.07) is 8.29. The molecule has 0 saturated carbocycles. The summed E-state index contributed by atoms with van der Waals surface area (Å²) in [5.41, 5.74) is 1.14. The second kappa shape index (κ2) is 6.42. The predicted molar refractivity (Wildman–Crippen MR) is 72.1 cm³/mol. The van der Waals surface area contributed by atoms with E-state index in [1.807, 2.05) is 13.0 Å². The molecule has 0 spiro atoms. The Labute approximate surface area is 115 Å². The van der Waals surface area contributed by atoms with Crippen molar-refractivity contribution in [3.05, 3.63) is 54.0 Å². The molecular weight excluding hydrogens is 258 g/mol. The Bertz CT molecular complexity index is 614. The molecule has 2 aromatic rings. The van der Waals surface area contributed by atoms with E-state index in [9.17, 15) is 9.59 Å². The van der Waals surface area contributed by atoms with Gasteiger partial charge in [0.25, 0.3) is 5.91 Å². The molecule has 0 atom stereocenters. The Morgan fingerprint density at radius 1 is 1.20 bits per heavy atom. The lowest BCUT2D eigenvalue weighted by atomic mass is 10.3. The summed E-state index contributed by atoms with van der Waals surface area (Å²) in [5.74, 6) is -0.583. The molecule has 0 unspecified atom stereocenters. The second-order valence-corrected chi connectivity index (χ2v) is 4.02. The van der Waals surface area contributed by atoms with Crippen LogP contribution < -0.4 is 5.32 Å². The van der Waals surface area contributed by atoms with E-state index >= 15 is 0 Å². The van der Waals surface area contributed by atoms with Crippen LogP contribution in [0.4, 0.5) is 5.82 Å². The van der Waals surface area contributed by atoms with Gasteiger partial charge in [-0.15, -0.1) is 0 Å². The van der Waals surface area contributed by atoms with Crippen molar-refractivity contribution in [2.24, 2.45) is 0 Å². The number of ether oxygens (including phenoxy) is 1. The quantitative estimate of drug-likeness (QED) is 0.854. The van der Waals surface area contributed by atoms with E-state index < -0.39 is 11.9 Å². The number of nitrogens with zero attached hydrogens (tertiary/aromatic N) is 2. The number of anilines is 1. The molecule has 2 heterocycles. The third-order valence-corrected chi connectivity index (χ3v) is 2.41. The molecule has 0 fully saturated rings. The molecule has 0 aromatic carbocycles. The minimum atomic E-state index is -0.570. The van der Waals surface area contributed by atoms with Gasteiger partial charge in [0.2, 0.25) is 0 Å².